The van der Waals surface area contributed by atoms with E-state index in [-0.39, 0.29) is 5.57 Å². The van der Waals surface area contributed by atoms with Gasteiger partial charge >= 0.3 is 0 Å². The third-order valence-electron chi connectivity index (χ3n) is 3.78. The van der Waals surface area contributed by atoms with Crippen molar-refractivity contribution >= 4 is 11.6 Å². The Hall–Kier alpha value is -3.46. The van der Waals surface area contributed by atoms with Gasteiger partial charge in [0.2, 0.25) is 0 Å². The maximum absolute atomic E-state index is 12.2. The van der Waals surface area contributed by atoms with Crippen LogP contribution in [0.5, 0.6) is 11.5 Å². The SMILES string of the molecule is CCOc1ccccc1N/C=C(/C#N)C(=O)NCCc1ccc(OC)cc1. The van der Waals surface area contributed by atoms with E-state index in [1.54, 1.807) is 7.11 Å². The number of anilines is 1. The van der Waals surface area contributed by atoms with Crippen molar-refractivity contribution in [1.29, 1.82) is 5.26 Å². The van der Waals surface area contributed by atoms with Crippen LogP contribution in [-0.4, -0.2) is 26.2 Å². The molecule has 0 aromatic heterocycles. The first-order chi connectivity index (χ1) is 13.2. The number of rotatable bonds is 9. The summed E-state index contributed by atoms with van der Waals surface area (Å²) >= 11 is 0. The minimum absolute atomic E-state index is 0.00367. The fourth-order valence-corrected chi connectivity index (χ4v) is 2.37. The second-order valence-corrected chi connectivity index (χ2v) is 5.60. The summed E-state index contributed by atoms with van der Waals surface area (Å²) in [6.07, 6.45) is 2.05. The highest BCUT2D eigenvalue weighted by molar-refractivity contribution is 5.97. The van der Waals surface area contributed by atoms with Crippen molar-refractivity contribution in [2.24, 2.45) is 0 Å². The van der Waals surface area contributed by atoms with Crippen LogP contribution < -0.4 is 20.1 Å². The van der Waals surface area contributed by atoms with E-state index in [0.717, 1.165) is 11.3 Å². The molecule has 6 nitrogen and oxygen atoms in total. The molecule has 27 heavy (non-hydrogen) atoms. The van der Waals surface area contributed by atoms with Crippen molar-refractivity contribution in [3.8, 4) is 17.6 Å². The van der Waals surface area contributed by atoms with Gasteiger partial charge in [-0.1, -0.05) is 24.3 Å². The van der Waals surface area contributed by atoms with Crippen molar-refractivity contribution in [1.82, 2.24) is 5.32 Å². The van der Waals surface area contributed by atoms with Crippen molar-refractivity contribution in [3.63, 3.8) is 0 Å². The van der Waals surface area contributed by atoms with Gasteiger partial charge in [0.25, 0.3) is 5.91 Å². The Labute approximate surface area is 159 Å². The van der Waals surface area contributed by atoms with Crippen LogP contribution in [0.4, 0.5) is 5.69 Å². The van der Waals surface area contributed by atoms with E-state index >= 15 is 0 Å². The zero-order chi connectivity index (χ0) is 19.5. The second kappa shape index (κ2) is 10.5. The number of hydrogen-bond donors (Lipinski definition) is 2. The molecular weight excluding hydrogens is 342 g/mol. The molecular formula is C21H23N3O3. The van der Waals surface area contributed by atoms with Crippen molar-refractivity contribution < 1.29 is 14.3 Å². The summed E-state index contributed by atoms with van der Waals surface area (Å²) in [5.74, 6) is 1.02. The molecule has 0 aliphatic carbocycles. The Kier molecular flexibility index (Phi) is 7.73. The number of ether oxygens (including phenoxy) is 2. The number of nitrogens with one attached hydrogen (secondary N) is 2. The maximum atomic E-state index is 12.2. The molecule has 6 heteroatoms. The Morgan fingerprint density at radius 3 is 2.59 bits per heavy atom. The average Bonchev–Trinajstić information content (AvgIpc) is 2.70. The van der Waals surface area contributed by atoms with Gasteiger partial charge < -0.3 is 20.1 Å². The van der Waals surface area contributed by atoms with Crippen LogP contribution in [0.2, 0.25) is 0 Å². The number of nitriles is 1. The van der Waals surface area contributed by atoms with Gasteiger partial charge in [-0.15, -0.1) is 0 Å². The van der Waals surface area contributed by atoms with E-state index in [4.69, 9.17) is 9.47 Å². The smallest absolute Gasteiger partial charge is 0.263 e. The number of methoxy groups -OCH3 is 1. The van der Waals surface area contributed by atoms with E-state index in [1.165, 1.54) is 6.20 Å². The molecule has 0 aliphatic heterocycles. The van der Waals surface area contributed by atoms with Crippen LogP contribution in [0.3, 0.4) is 0 Å². The van der Waals surface area contributed by atoms with Gasteiger partial charge in [-0.3, -0.25) is 4.79 Å². The largest absolute Gasteiger partial charge is 0.497 e. The Morgan fingerprint density at radius 2 is 1.93 bits per heavy atom. The van der Waals surface area contributed by atoms with E-state index in [9.17, 15) is 10.1 Å². The molecule has 0 bridgehead atoms. The fraction of sp³-hybridized carbons (Fsp3) is 0.238. The molecule has 2 aromatic rings. The molecule has 140 valence electrons. The van der Waals surface area contributed by atoms with Crippen LogP contribution in [0, 0.1) is 11.3 Å². The highest BCUT2D eigenvalue weighted by Crippen LogP contribution is 2.23. The highest BCUT2D eigenvalue weighted by Gasteiger charge is 2.09. The summed E-state index contributed by atoms with van der Waals surface area (Å²) in [7, 11) is 1.62. The first kappa shape index (κ1) is 19.9. The van der Waals surface area contributed by atoms with Gasteiger partial charge in [-0.2, -0.15) is 5.26 Å². The third kappa shape index (κ3) is 6.08. The second-order valence-electron chi connectivity index (χ2n) is 5.60. The molecule has 1 amide bonds. The lowest BCUT2D eigenvalue weighted by atomic mass is 10.1. The summed E-state index contributed by atoms with van der Waals surface area (Å²) in [6, 6.07) is 16.9. The topological polar surface area (TPSA) is 83.4 Å². The summed E-state index contributed by atoms with van der Waals surface area (Å²) in [5, 5.41) is 15.0. The van der Waals surface area contributed by atoms with Gasteiger partial charge in [0, 0.05) is 12.7 Å². The molecule has 0 aliphatic rings. The van der Waals surface area contributed by atoms with E-state index in [0.29, 0.717) is 31.0 Å². The van der Waals surface area contributed by atoms with Crippen LogP contribution in [-0.2, 0) is 11.2 Å². The molecule has 0 fully saturated rings. The molecule has 0 unspecified atom stereocenters. The number of benzene rings is 2. The zero-order valence-electron chi connectivity index (χ0n) is 15.5. The van der Waals surface area contributed by atoms with E-state index < -0.39 is 5.91 Å². The molecule has 0 heterocycles. The van der Waals surface area contributed by atoms with Gasteiger partial charge in [0.1, 0.15) is 23.1 Å². The number of para-hydroxylation sites is 2. The van der Waals surface area contributed by atoms with Crippen molar-refractivity contribution in [2.45, 2.75) is 13.3 Å². The van der Waals surface area contributed by atoms with Gasteiger partial charge in [-0.25, -0.2) is 0 Å². The standard InChI is InChI=1S/C21H23N3O3/c1-3-27-20-7-5-4-6-19(20)24-15-17(14-22)21(25)23-13-12-16-8-10-18(26-2)11-9-16/h4-11,15,24H,3,12-13H2,1-2H3,(H,23,25)/b17-15-. The predicted molar refractivity (Wildman–Crippen MR) is 105 cm³/mol. The quantitative estimate of drug-likeness (QED) is 0.526. The number of carbonyl (C=O) groups is 1. The Morgan fingerprint density at radius 1 is 1.19 bits per heavy atom. The lowest BCUT2D eigenvalue weighted by Gasteiger charge is -2.10. The monoisotopic (exact) mass is 365 g/mol. The molecule has 0 spiro atoms. The fourth-order valence-electron chi connectivity index (χ4n) is 2.37. The Balaban J connectivity index is 1.91. The lowest BCUT2D eigenvalue weighted by Crippen LogP contribution is -2.27. The summed E-state index contributed by atoms with van der Waals surface area (Å²) in [4.78, 5) is 12.2. The third-order valence-corrected chi connectivity index (χ3v) is 3.78. The number of hydrogen-bond acceptors (Lipinski definition) is 5. The van der Waals surface area contributed by atoms with Crippen LogP contribution >= 0.6 is 0 Å². The summed E-state index contributed by atoms with van der Waals surface area (Å²) in [6.45, 7) is 2.85. The average molecular weight is 365 g/mol. The molecule has 2 aromatic carbocycles. The van der Waals surface area contributed by atoms with Crippen molar-refractivity contribution in [2.75, 3.05) is 25.6 Å². The van der Waals surface area contributed by atoms with Gasteiger partial charge in [0.15, 0.2) is 0 Å². The molecule has 0 atom stereocenters. The van der Waals surface area contributed by atoms with Crippen LogP contribution in [0.15, 0.2) is 60.3 Å². The minimum Gasteiger partial charge on any atom is -0.497 e. The minimum atomic E-state index is -0.424. The maximum Gasteiger partial charge on any atom is 0.263 e. The Bertz CT molecular complexity index is 823. The van der Waals surface area contributed by atoms with Gasteiger partial charge in [0.05, 0.1) is 19.4 Å². The molecule has 0 saturated heterocycles. The first-order valence-electron chi connectivity index (χ1n) is 8.67. The molecule has 0 radical (unpaired) electrons. The van der Waals surface area contributed by atoms with E-state index in [1.807, 2.05) is 61.5 Å². The zero-order valence-corrected chi connectivity index (χ0v) is 15.5. The normalized spacial score (nSPS) is 10.6. The molecule has 2 N–H and O–H groups in total. The highest BCUT2D eigenvalue weighted by atomic mass is 16.5. The van der Waals surface area contributed by atoms with Crippen LogP contribution in [0.25, 0.3) is 0 Å². The molecule has 2 rings (SSSR count). The summed E-state index contributed by atoms with van der Waals surface area (Å²) in [5.41, 5.74) is 1.76. The van der Waals surface area contributed by atoms with Gasteiger partial charge in [-0.05, 0) is 43.2 Å². The van der Waals surface area contributed by atoms with Crippen LogP contribution in [0.1, 0.15) is 12.5 Å². The van der Waals surface area contributed by atoms with Crippen molar-refractivity contribution in [3.05, 3.63) is 65.9 Å². The lowest BCUT2D eigenvalue weighted by molar-refractivity contribution is -0.117. The predicted octanol–water partition coefficient (Wildman–Crippen LogP) is 3.27. The molecule has 0 saturated carbocycles. The van der Waals surface area contributed by atoms with E-state index in [2.05, 4.69) is 10.6 Å². The number of carbonyl (C=O) groups excluding carboxylic acids is 1. The number of amides is 1. The first-order valence-corrected chi connectivity index (χ1v) is 8.67. The summed E-state index contributed by atoms with van der Waals surface area (Å²) < 4.78 is 10.6. The number of nitrogens with zero attached hydrogens (tertiary/aromatic N) is 1.